The van der Waals surface area contributed by atoms with Crippen LogP contribution in [0.4, 0.5) is 4.39 Å². The second kappa shape index (κ2) is 6.17. The van der Waals surface area contributed by atoms with E-state index in [1.54, 1.807) is 30.1 Å². The van der Waals surface area contributed by atoms with Crippen molar-refractivity contribution in [3.05, 3.63) is 93.9 Å². The molecule has 1 aromatic heterocycles. The van der Waals surface area contributed by atoms with Crippen molar-refractivity contribution in [3.8, 4) is 11.6 Å². The van der Waals surface area contributed by atoms with Gasteiger partial charge < -0.3 is 9.30 Å². The molecule has 4 aromatic rings. The molecule has 1 atom stereocenters. The molecule has 138 valence electrons. The molecule has 6 heteroatoms. The van der Waals surface area contributed by atoms with Gasteiger partial charge in [-0.3, -0.25) is 5.41 Å². The molecule has 1 N–H and O–H groups in total. The number of nitrogens with one attached hydrogen (secondary N) is 1. The largest absolute Gasteiger partial charge is 0.438 e. The highest BCUT2D eigenvalue weighted by Crippen LogP contribution is 2.49. The Kier molecular flexibility index (Phi) is 3.74. The van der Waals surface area contributed by atoms with Gasteiger partial charge in [0.05, 0.1) is 11.9 Å². The van der Waals surface area contributed by atoms with Crippen molar-refractivity contribution < 1.29 is 9.13 Å². The minimum atomic E-state index is -0.339. The highest BCUT2D eigenvalue weighted by atomic mass is 35.5. The van der Waals surface area contributed by atoms with Crippen LogP contribution in [-0.2, 0) is 7.05 Å². The van der Waals surface area contributed by atoms with E-state index >= 15 is 0 Å². The van der Waals surface area contributed by atoms with E-state index < -0.39 is 0 Å². The lowest BCUT2D eigenvalue weighted by atomic mass is 9.83. The molecule has 0 saturated heterocycles. The van der Waals surface area contributed by atoms with Crippen LogP contribution in [0.3, 0.4) is 0 Å². The van der Waals surface area contributed by atoms with Gasteiger partial charge in [0.15, 0.2) is 0 Å². The fraction of sp³-hybridized carbons (Fsp3) is 0.0909. The molecule has 0 bridgehead atoms. The molecule has 1 aliphatic rings. The first-order valence-electron chi connectivity index (χ1n) is 8.79. The quantitative estimate of drug-likeness (QED) is 0.430. The Morgan fingerprint density at radius 2 is 1.82 bits per heavy atom. The Morgan fingerprint density at radius 1 is 1.11 bits per heavy atom. The number of benzene rings is 3. The first-order valence-corrected chi connectivity index (χ1v) is 9.17. The van der Waals surface area contributed by atoms with Crippen molar-refractivity contribution in [2.75, 3.05) is 0 Å². The maximum atomic E-state index is 13.6. The summed E-state index contributed by atoms with van der Waals surface area (Å²) in [6, 6.07) is 15.9. The molecule has 0 spiro atoms. The summed E-state index contributed by atoms with van der Waals surface area (Å²) in [6.45, 7) is 0. The lowest BCUT2D eigenvalue weighted by molar-refractivity contribution is 0.429. The van der Waals surface area contributed by atoms with Crippen LogP contribution in [0.25, 0.3) is 10.8 Å². The molecule has 28 heavy (non-hydrogen) atoms. The summed E-state index contributed by atoms with van der Waals surface area (Å²) in [7, 11) is 1.76. The van der Waals surface area contributed by atoms with E-state index in [0.29, 0.717) is 22.2 Å². The smallest absolute Gasteiger partial charge is 0.228 e. The maximum Gasteiger partial charge on any atom is 0.228 e. The molecule has 5 rings (SSSR count). The highest BCUT2D eigenvalue weighted by molar-refractivity contribution is 6.36. The van der Waals surface area contributed by atoms with Crippen molar-refractivity contribution in [2.24, 2.45) is 7.05 Å². The third-order valence-electron chi connectivity index (χ3n) is 5.16. The Bertz CT molecular complexity index is 1300. The minimum absolute atomic E-state index is 0.286. The minimum Gasteiger partial charge on any atom is -0.438 e. The topological polar surface area (TPSA) is 50.9 Å². The Labute approximate surface area is 165 Å². The number of hydrogen-bond acceptors (Lipinski definition) is 3. The van der Waals surface area contributed by atoms with Crippen LogP contribution in [0.1, 0.15) is 22.6 Å². The van der Waals surface area contributed by atoms with Crippen LogP contribution >= 0.6 is 11.6 Å². The van der Waals surface area contributed by atoms with E-state index in [0.717, 1.165) is 21.9 Å². The monoisotopic (exact) mass is 391 g/mol. The van der Waals surface area contributed by atoms with Crippen LogP contribution in [0.2, 0.25) is 5.02 Å². The molecule has 0 fully saturated rings. The lowest BCUT2D eigenvalue weighted by Gasteiger charge is -2.29. The van der Waals surface area contributed by atoms with Gasteiger partial charge in [0.1, 0.15) is 17.1 Å². The molecule has 1 aliphatic heterocycles. The number of aryl methyl sites for hydroxylation is 1. The molecule has 0 aliphatic carbocycles. The number of halogens is 2. The second-order valence-electron chi connectivity index (χ2n) is 6.83. The average molecular weight is 392 g/mol. The van der Waals surface area contributed by atoms with Crippen molar-refractivity contribution >= 4 is 22.4 Å². The third kappa shape index (κ3) is 2.43. The van der Waals surface area contributed by atoms with E-state index in [1.165, 1.54) is 12.1 Å². The van der Waals surface area contributed by atoms with Gasteiger partial charge in [-0.2, -0.15) is 0 Å². The van der Waals surface area contributed by atoms with Gasteiger partial charge in [0.2, 0.25) is 5.88 Å². The number of ether oxygens (including phenoxy) is 1. The second-order valence-corrected chi connectivity index (χ2v) is 7.24. The van der Waals surface area contributed by atoms with Crippen molar-refractivity contribution in [3.63, 3.8) is 0 Å². The van der Waals surface area contributed by atoms with Crippen LogP contribution in [0.15, 0.2) is 60.9 Å². The van der Waals surface area contributed by atoms with Crippen LogP contribution in [0.5, 0.6) is 11.6 Å². The summed E-state index contributed by atoms with van der Waals surface area (Å²) in [5.74, 6) is 0.407. The number of aromatic nitrogens is 2. The predicted molar refractivity (Wildman–Crippen MR) is 105 cm³/mol. The van der Waals surface area contributed by atoms with Gasteiger partial charge in [-0.15, -0.1) is 0 Å². The summed E-state index contributed by atoms with van der Waals surface area (Å²) in [5, 5.41) is 11.0. The van der Waals surface area contributed by atoms with Gasteiger partial charge in [-0.25, -0.2) is 9.37 Å². The molecule has 3 aromatic carbocycles. The summed E-state index contributed by atoms with van der Waals surface area (Å²) in [5.41, 5.74) is 2.61. The van der Waals surface area contributed by atoms with E-state index in [4.69, 9.17) is 21.7 Å². The first kappa shape index (κ1) is 17.0. The molecule has 1 unspecified atom stereocenters. The van der Waals surface area contributed by atoms with Gasteiger partial charge >= 0.3 is 0 Å². The van der Waals surface area contributed by atoms with E-state index in [9.17, 15) is 4.39 Å². The summed E-state index contributed by atoms with van der Waals surface area (Å²) in [6.07, 6.45) is 1.56. The Morgan fingerprint density at radius 3 is 2.57 bits per heavy atom. The lowest BCUT2D eigenvalue weighted by Crippen LogP contribution is -2.28. The van der Waals surface area contributed by atoms with Crippen LogP contribution in [0, 0.1) is 11.2 Å². The van der Waals surface area contributed by atoms with E-state index in [1.807, 2.05) is 30.3 Å². The zero-order chi connectivity index (χ0) is 19.4. The first-order chi connectivity index (χ1) is 13.5. The number of nitrogens with zero attached hydrogens (tertiary/aromatic N) is 2. The summed E-state index contributed by atoms with van der Waals surface area (Å²) < 4.78 is 21.4. The fourth-order valence-corrected chi connectivity index (χ4v) is 4.09. The molecule has 2 heterocycles. The maximum absolute atomic E-state index is 13.6. The number of rotatable bonds is 1. The molecule has 0 saturated carbocycles. The van der Waals surface area contributed by atoms with Crippen LogP contribution < -0.4 is 10.2 Å². The molecular formula is C22H15ClFN3O. The summed E-state index contributed by atoms with van der Waals surface area (Å²) >= 11 is 6.59. The van der Waals surface area contributed by atoms with Gasteiger partial charge in [0.25, 0.3) is 0 Å². The third-order valence-corrected chi connectivity index (χ3v) is 5.47. The van der Waals surface area contributed by atoms with Crippen molar-refractivity contribution in [2.45, 2.75) is 5.92 Å². The zero-order valence-corrected chi connectivity index (χ0v) is 15.7. The zero-order valence-electron chi connectivity index (χ0n) is 14.9. The Hall–Kier alpha value is -3.18. The number of hydrogen-bond donors (Lipinski definition) is 1. The molecular weight excluding hydrogens is 377 g/mol. The summed E-state index contributed by atoms with van der Waals surface area (Å²) in [4.78, 5) is 4.41. The SMILES string of the molecule is Cn1cnc2c(c1=N)C(c1ccc(F)cc1)c1cc(Cl)c3ccccc3c1O2. The normalized spacial score (nSPS) is 15.0. The average Bonchev–Trinajstić information content (AvgIpc) is 2.71. The van der Waals surface area contributed by atoms with Gasteiger partial charge in [0, 0.05) is 34.3 Å². The van der Waals surface area contributed by atoms with Crippen molar-refractivity contribution in [1.82, 2.24) is 9.55 Å². The Balaban J connectivity index is 1.89. The van der Waals surface area contributed by atoms with Gasteiger partial charge in [-0.1, -0.05) is 48.0 Å². The number of fused-ring (bicyclic) bond motifs is 4. The predicted octanol–water partition coefficient (Wildman–Crippen LogP) is 5.13. The fourth-order valence-electron chi connectivity index (χ4n) is 3.81. The molecule has 0 radical (unpaired) electrons. The van der Waals surface area contributed by atoms with Gasteiger partial charge in [-0.05, 0) is 23.8 Å². The van der Waals surface area contributed by atoms with Crippen molar-refractivity contribution in [1.29, 1.82) is 5.41 Å². The standard InChI is InChI=1S/C22H15ClFN3O/c1-27-11-26-22-19(21(27)25)18(12-6-8-13(24)9-7-12)16-10-17(23)14-4-2-3-5-15(14)20(16)28-22/h2-11,18,25H,1H3. The molecule has 0 amide bonds. The molecule has 4 nitrogen and oxygen atoms in total. The highest BCUT2D eigenvalue weighted by Gasteiger charge is 2.33. The van der Waals surface area contributed by atoms with Crippen LogP contribution in [-0.4, -0.2) is 9.55 Å². The van der Waals surface area contributed by atoms with E-state index in [-0.39, 0.29) is 17.2 Å². The van der Waals surface area contributed by atoms with E-state index in [2.05, 4.69) is 4.98 Å².